The first-order chi connectivity index (χ1) is 7.99. The van der Waals surface area contributed by atoms with E-state index in [-0.39, 0.29) is 30.6 Å². The molecule has 0 aromatic heterocycles. The number of aliphatic hydroxyl groups excluding tert-OH is 2. The molecule has 4 nitrogen and oxygen atoms in total. The van der Waals surface area contributed by atoms with Crippen LogP contribution in [0.2, 0.25) is 0 Å². The molecule has 0 aliphatic carbocycles. The Morgan fingerprint density at radius 3 is 2.41 bits per heavy atom. The van der Waals surface area contributed by atoms with E-state index >= 15 is 0 Å². The van der Waals surface area contributed by atoms with Gasteiger partial charge < -0.3 is 10.2 Å². The standard InChI is InChI=1S/C11H22O4S2/c1-16-5-2-4-11(8-12,9-13)10-3-6-17(14,15)7-10/h10,12-13H,2-9H2,1H3. The summed E-state index contributed by atoms with van der Waals surface area (Å²) in [4.78, 5) is 0. The smallest absolute Gasteiger partial charge is 0.150 e. The van der Waals surface area contributed by atoms with Crippen LogP contribution in [0.5, 0.6) is 0 Å². The van der Waals surface area contributed by atoms with Gasteiger partial charge in [0.15, 0.2) is 9.84 Å². The average molecular weight is 282 g/mol. The number of sulfone groups is 1. The van der Waals surface area contributed by atoms with Crippen molar-refractivity contribution in [1.29, 1.82) is 0 Å². The van der Waals surface area contributed by atoms with Crippen LogP contribution in [-0.4, -0.2) is 55.4 Å². The third-order valence-corrected chi connectivity index (χ3v) is 6.22. The Morgan fingerprint density at radius 1 is 1.35 bits per heavy atom. The van der Waals surface area contributed by atoms with Crippen LogP contribution in [0.1, 0.15) is 19.3 Å². The minimum absolute atomic E-state index is 0.0932. The second kappa shape index (κ2) is 6.41. The molecule has 1 fully saturated rings. The number of hydrogen-bond acceptors (Lipinski definition) is 5. The van der Waals surface area contributed by atoms with Crippen molar-refractivity contribution >= 4 is 21.6 Å². The zero-order chi connectivity index (χ0) is 12.9. The molecule has 0 bridgehead atoms. The molecule has 1 atom stereocenters. The Balaban J connectivity index is 2.70. The highest BCUT2D eigenvalue weighted by Crippen LogP contribution is 2.39. The Bertz CT molecular complexity index is 322. The minimum atomic E-state index is -2.96. The monoisotopic (exact) mass is 282 g/mol. The van der Waals surface area contributed by atoms with E-state index in [9.17, 15) is 18.6 Å². The minimum Gasteiger partial charge on any atom is -0.396 e. The van der Waals surface area contributed by atoms with E-state index in [0.717, 1.165) is 12.2 Å². The summed E-state index contributed by atoms with van der Waals surface area (Å²) < 4.78 is 23.0. The first-order valence-electron chi connectivity index (χ1n) is 5.91. The highest BCUT2D eigenvalue weighted by Gasteiger charge is 2.43. The van der Waals surface area contributed by atoms with Crippen LogP contribution in [0.15, 0.2) is 0 Å². The molecule has 0 spiro atoms. The summed E-state index contributed by atoms with van der Waals surface area (Å²) in [6.45, 7) is -0.254. The van der Waals surface area contributed by atoms with Crippen LogP contribution in [0.4, 0.5) is 0 Å². The zero-order valence-corrected chi connectivity index (χ0v) is 11.9. The molecule has 1 unspecified atom stereocenters. The van der Waals surface area contributed by atoms with Gasteiger partial charge in [-0.25, -0.2) is 8.42 Å². The lowest BCUT2D eigenvalue weighted by atomic mass is 9.73. The number of thioether (sulfide) groups is 1. The van der Waals surface area contributed by atoms with Gasteiger partial charge in [0.2, 0.25) is 0 Å². The Kier molecular flexibility index (Phi) is 5.76. The number of aliphatic hydroxyl groups is 2. The highest BCUT2D eigenvalue weighted by molar-refractivity contribution is 7.98. The van der Waals surface area contributed by atoms with Crippen LogP contribution in [0, 0.1) is 11.3 Å². The SMILES string of the molecule is CSCCCC(CO)(CO)C1CCS(=O)(=O)C1. The van der Waals surface area contributed by atoms with E-state index in [1.807, 2.05) is 6.26 Å². The molecule has 1 aliphatic heterocycles. The molecule has 1 rings (SSSR count). The van der Waals surface area contributed by atoms with Crippen molar-refractivity contribution in [1.82, 2.24) is 0 Å². The van der Waals surface area contributed by atoms with Crippen LogP contribution < -0.4 is 0 Å². The largest absolute Gasteiger partial charge is 0.396 e. The van der Waals surface area contributed by atoms with Crippen LogP contribution in [0.3, 0.4) is 0 Å². The number of rotatable bonds is 7. The van der Waals surface area contributed by atoms with Gasteiger partial charge in [0, 0.05) is 5.41 Å². The second-order valence-corrected chi connectivity index (χ2v) is 8.09. The molecule has 0 aromatic carbocycles. The summed E-state index contributed by atoms with van der Waals surface area (Å²) in [7, 11) is -2.96. The lowest BCUT2D eigenvalue weighted by Gasteiger charge is -2.35. The molecule has 1 saturated heterocycles. The lowest BCUT2D eigenvalue weighted by Crippen LogP contribution is -2.39. The summed E-state index contributed by atoms with van der Waals surface area (Å²) in [5, 5.41) is 19.1. The Hall–Kier alpha value is 0.220. The molecule has 1 aliphatic rings. The van der Waals surface area contributed by atoms with Crippen molar-refractivity contribution in [3.8, 4) is 0 Å². The first-order valence-corrected chi connectivity index (χ1v) is 9.12. The third-order valence-electron chi connectivity index (χ3n) is 3.75. The van der Waals surface area contributed by atoms with E-state index in [2.05, 4.69) is 0 Å². The van der Waals surface area contributed by atoms with Gasteiger partial charge in [-0.3, -0.25) is 0 Å². The lowest BCUT2D eigenvalue weighted by molar-refractivity contribution is 0.00480. The predicted octanol–water partition coefficient (Wildman–Crippen LogP) is 0.535. The van der Waals surface area contributed by atoms with E-state index in [1.165, 1.54) is 0 Å². The van der Waals surface area contributed by atoms with Crippen LogP contribution in [0.25, 0.3) is 0 Å². The third kappa shape index (κ3) is 3.84. The second-order valence-electron chi connectivity index (χ2n) is 4.87. The van der Waals surface area contributed by atoms with Gasteiger partial charge in [0.05, 0.1) is 24.7 Å². The summed E-state index contributed by atoms with van der Waals surface area (Å²) in [5.41, 5.74) is -0.612. The maximum absolute atomic E-state index is 11.5. The molecule has 0 saturated carbocycles. The Morgan fingerprint density at radius 2 is 2.00 bits per heavy atom. The van der Waals surface area contributed by atoms with Crippen molar-refractivity contribution in [2.24, 2.45) is 11.3 Å². The van der Waals surface area contributed by atoms with Crippen molar-refractivity contribution in [2.75, 3.05) is 36.7 Å². The molecule has 0 radical (unpaired) electrons. The van der Waals surface area contributed by atoms with Gasteiger partial charge in [-0.2, -0.15) is 11.8 Å². The molecule has 0 amide bonds. The molecular weight excluding hydrogens is 260 g/mol. The summed E-state index contributed by atoms with van der Waals surface area (Å²) in [6.07, 6.45) is 4.18. The van der Waals surface area contributed by atoms with Gasteiger partial charge in [0.25, 0.3) is 0 Å². The van der Waals surface area contributed by atoms with Gasteiger partial charge in [-0.05, 0) is 37.2 Å². The topological polar surface area (TPSA) is 74.6 Å². The van der Waals surface area contributed by atoms with Crippen molar-refractivity contribution in [3.63, 3.8) is 0 Å². The van der Waals surface area contributed by atoms with Crippen molar-refractivity contribution < 1.29 is 18.6 Å². The van der Waals surface area contributed by atoms with E-state index in [1.54, 1.807) is 11.8 Å². The summed E-state index contributed by atoms with van der Waals surface area (Å²) in [5.74, 6) is 1.20. The molecule has 2 N–H and O–H groups in total. The Labute approximate surface area is 108 Å². The van der Waals surface area contributed by atoms with E-state index in [0.29, 0.717) is 12.8 Å². The first kappa shape index (κ1) is 15.3. The van der Waals surface area contributed by atoms with Gasteiger partial charge in [-0.15, -0.1) is 0 Å². The predicted molar refractivity (Wildman–Crippen MR) is 71.0 cm³/mol. The molecule has 102 valence electrons. The normalized spacial score (nSPS) is 24.1. The molecular formula is C11H22O4S2. The van der Waals surface area contributed by atoms with Crippen molar-refractivity contribution in [3.05, 3.63) is 0 Å². The summed E-state index contributed by atoms with van der Waals surface area (Å²) >= 11 is 1.72. The molecule has 1 heterocycles. The fourth-order valence-electron chi connectivity index (χ4n) is 2.52. The van der Waals surface area contributed by atoms with Crippen LogP contribution >= 0.6 is 11.8 Å². The molecule has 17 heavy (non-hydrogen) atoms. The maximum Gasteiger partial charge on any atom is 0.150 e. The number of hydrogen-bond donors (Lipinski definition) is 2. The van der Waals surface area contributed by atoms with Gasteiger partial charge >= 0.3 is 0 Å². The van der Waals surface area contributed by atoms with Crippen LogP contribution in [-0.2, 0) is 9.84 Å². The fourth-order valence-corrected chi connectivity index (χ4v) is 4.89. The molecule has 0 aromatic rings. The van der Waals surface area contributed by atoms with E-state index < -0.39 is 15.3 Å². The van der Waals surface area contributed by atoms with Gasteiger partial charge in [0.1, 0.15) is 0 Å². The zero-order valence-electron chi connectivity index (χ0n) is 10.3. The average Bonchev–Trinajstić information content (AvgIpc) is 2.66. The maximum atomic E-state index is 11.5. The highest BCUT2D eigenvalue weighted by atomic mass is 32.2. The quantitative estimate of drug-likeness (QED) is 0.667. The fraction of sp³-hybridized carbons (Fsp3) is 1.00. The van der Waals surface area contributed by atoms with E-state index in [4.69, 9.17) is 0 Å². The summed E-state index contributed by atoms with van der Waals surface area (Å²) in [6, 6.07) is 0. The van der Waals surface area contributed by atoms with Crippen molar-refractivity contribution in [2.45, 2.75) is 19.3 Å². The molecule has 6 heteroatoms. The van der Waals surface area contributed by atoms with Gasteiger partial charge in [-0.1, -0.05) is 0 Å².